The fourth-order valence-corrected chi connectivity index (χ4v) is 3.91. The van der Waals surface area contributed by atoms with E-state index in [1.807, 2.05) is 0 Å². The Morgan fingerprint density at radius 3 is 2.77 bits per heavy atom. The van der Waals surface area contributed by atoms with Gasteiger partial charge in [-0.3, -0.25) is 4.90 Å². The van der Waals surface area contributed by atoms with Crippen molar-refractivity contribution in [2.75, 3.05) is 32.7 Å². The quantitative estimate of drug-likeness (QED) is 0.461. The summed E-state index contributed by atoms with van der Waals surface area (Å²) in [6.45, 7) is 12.2. The zero-order valence-electron chi connectivity index (χ0n) is 16.4. The van der Waals surface area contributed by atoms with Crippen molar-refractivity contribution in [2.24, 2.45) is 4.99 Å². The number of guanidine groups is 1. The lowest BCUT2D eigenvalue weighted by molar-refractivity contribution is 0.259. The minimum atomic E-state index is 0.484. The van der Waals surface area contributed by atoms with Gasteiger partial charge in [0.15, 0.2) is 11.7 Å². The van der Waals surface area contributed by atoms with Gasteiger partial charge in [0, 0.05) is 50.7 Å². The predicted molar refractivity (Wildman–Crippen MR) is 105 cm³/mol. The molecule has 1 aromatic rings. The van der Waals surface area contributed by atoms with Crippen LogP contribution in [0.3, 0.4) is 0 Å². The van der Waals surface area contributed by atoms with Crippen molar-refractivity contribution in [2.45, 2.75) is 58.5 Å². The van der Waals surface area contributed by atoms with E-state index in [1.54, 1.807) is 0 Å². The molecule has 0 radical (unpaired) electrons. The van der Waals surface area contributed by atoms with E-state index in [4.69, 9.17) is 9.52 Å². The maximum absolute atomic E-state index is 5.52. The summed E-state index contributed by atoms with van der Waals surface area (Å²) in [4.78, 5) is 9.74. The minimum absolute atomic E-state index is 0.484. The number of hydrogen-bond acceptors (Lipinski definition) is 4. The SMILES string of the molecule is CCNC(=NCc1cc(C(CC)CC)no1)N1CCC(N2CC=CC2)C1. The fourth-order valence-electron chi connectivity index (χ4n) is 3.91. The summed E-state index contributed by atoms with van der Waals surface area (Å²) >= 11 is 0. The molecule has 0 spiro atoms. The first-order valence-corrected chi connectivity index (χ1v) is 10.1. The van der Waals surface area contributed by atoms with Crippen molar-refractivity contribution < 1.29 is 4.52 Å². The van der Waals surface area contributed by atoms with Crippen LogP contribution in [0, 0.1) is 0 Å². The Balaban J connectivity index is 1.60. The zero-order chi connectivity index (χ0) is 18.4. The molecule has 3 heterocycles. The van der Waals surface area contributed by atoms with E-state index in [-0.39, 0.29) is 0 Å². The molecule has 0 amide bonds. The molecule has 0 aliphatic carbocycles. The number of nitrogens with zero attached hydrogens (tertiary/aromatic N) is 4. The highest BCUT2D eigenvalue weighted by molar-refractivity contribution is 5.80. The Kier molecular flexibility index (Phi) is 6.72. The van der Waals surface area contributed by atoms with E-state index in [2.05, 4.69) is 59.3 Å². The largest absolute Gasteiger partial charge is 0.359 e. The van der Waals surface area contributed by atoms with Crippen LogP contribution in [0.2, 0.25) is 0 Å². The first kappa shape index (κ1) is 19.0. The standard InChI is InChI=1S/C20H33N5O/c1-4-16(5-2)19-13-18(26-23-19)14-22-20(21-6-3)25-12-9-17(15-25)24-10-7-8-11-24/h7-8,13,16-17H,4-6,9-12,14-15H2,1-3H3,(H,21,22). The van der Waals surface area contributed by atoms with Gasteiger partial charge in [0.2, 0.25) is 0 Å². The minimum Gasteiger partial charge on any atom is -0.359 e. The number of nitrogens with one attached hydrogen (secondary N) is 1. The normalized spacial score (nSPS) is 21.3. The van der Waals surface area contributed by atoms with Crippen molar-refractivity contribution in [3.63, 3.8) is 0 Å². The Hall–Kier alpha value is -1.82. The van der Waals surface area contributed by atoms with Crippen LogP contribution in [0.4, 0.5) is 0 Å². The van der Waals surface area contributed by atoms with Gasteiger partial charge in [-0.15, -0.1) is 0 Å². The van der Waals surface area contributed by atoms with E-state index in [0.29, 0.717) is 18.5 Å². The highest BCUT2D eigenvalue weighted by atomic mass is 16.5. The molecule has 1 N–H and O–H groups in total. The van der Waals surface area contributed by atoms with Crippen molar-refractivity contribution in [1.82, 2.24) is 20.3 Å². The summed E-state index contributed by atoms with van der Waals surface area (Å²) in [6.07, 6.45) is 7.92. The van der Waals surface area contributed by atoms with Crippen LogP contribution in [-0.2, 0) is 6.54 Å². The molecule has 144 valence electrons. The molecule has 0 aromatic carbocycles. The lowest BCUT2D eigenvalue weighted by Gasteiger charge is -2.25. The molecule has 26 heavy (non-hydrogen) atoms. The first-order chi connectivity index (χ1) is 12.7. The maximum Gasteiger partial charge on any atom is 0.194 e. The van der Waals surface area contributed by atoms with Crippen LogP contribution in [0.5, 0.6) is 0 Å². The third kappa shape index (κ3) is 4.47. The molecule has 1 atom stereocenters. The summed E-state index contributed by atoms with van der Waals surface area (Å²) < 4.78 is 5.52. The summed E-state index contributed by atoms with van der Waals surface area (Å²) in [7, 11) is 0. The molecule has 1 saturated heterocycles. The molecule has 2 aliphatic heterocycles. The second-order valence-electron chi connectivity index (χ2n) is 7.22. The van der Waals surface area contributed by atoms with Crippen LogP contribution in [0.1, 0.15) is 57.4 Å². The summed E-state index contributed by atoms with van der Waals surface area (Å²) in [5.41, 5.74) is 1.06. The number of rotatable bonds is 7. The number of aliphatic imine (C=N–C) groups is 1. The molecule has 3 rings (SSSR count). The van der Waals surface area contributed by atoms with E-state index >= 15 is 0 Å². The molecule has 1 unspecified atom stereocenters. The number of likely N-dealkylation sites (tertiary alicyclic amines) is 1. The van der Waals surface area contributed by atoms with Gasteiger partial charge >= 0.3 is 0 Å². The van der Waals surface area contributed by atoms with Crippen LogP contribution in [0.25, 0.3) is 0 Å². The fraction of sp³-hybridized carbons (Fsp3) is 0.700. The van der Waals surface area contributed by atoms with Gasteiger partial charge in [-0.05, 0) is 26.2 Å². The van der Waals surface area contributed by atoms with Gasteiger partial charge in [0.05, 0.1) is 5.69 Å². The van der Waals surface area contributed by atoms with Gasteiger partial charge < -0.3 is 14.7 Å². The molecule has 6 nitrogen and oxygen atoms in total. The average molecular weight is 360 g/mol. The average Bonchev–Trinajstić information content (AvgIpc) is 3.40. The molecule has 1 aromatic heterocycles. The number of aromatic nitrogens is 1. The maximum atomic E-state index is 5.52. The molecular weight excluding hydrogens is 326 g/mol. The van der Waals surface area contributed by atoms with Crippen molar-refractivity contribution in [3.05, 3.63) is 29.7 Å². The van der Waals surface area contributed by atoms with Gasteiger partial charge in [-0.25, -0.2) is 4.99 Å². The van der Waals surface area contributed by atoms with Gasteiger partial charge in [-0.2, -0.15) is 0 Å². The lowest BCUT2D eigenvalue weighted by atomic mass is 9.99. The topological polar surface area (TPSA) is 56.9 Å². The molecule has 6 heteroatoms. The second kappa shape index (κ2) is 9.21. The van der Waals surface area contributed by atoms with Gasteiger partial charge in [-0.1, -0.05) is 31.2 Å². The third-order valence-electron chi connectivity index (χ3n) is 5.53. The van der Waals surface area contributed by atoms with E-state index in [1.165, 1.54) is 6.42 Å². The summed E-state index contributed by atoms with van der Waals surface area (Å²) in [6, 6.07) is 2.70. The van der Waals surface area contributed by atoms with Crippen molar-refractivity contribution in [3.8, 4) is 0 Å². The molecule has 0 saturated carbocycles. The summed E-state index contributed by atoms with van der Waals surface area (Å²) in [5.74, 6) is 2.32. The smallest absolute Gasteiger partial charge is 0.194 e. The molecule has 1 fully saturated rings. The monoisotopic (exact) mass is 359 g/mol. The molecular formula is C20H33N5O. The first-order valence-electron chi connectivity index (χ1n) is 10.1. The van der Waals surface area contributed by atoms with E-state index < -0.39 is 0 Å². The summed E-state index contributed by atoms with van der Waals surface area (Å²) in [5, 5.41) is 7.69. The highest BCUT2D eigenvalue weighted by Crippen LogP contribution is 2.23. The number of hydrogen-bond donors (Lipinski definition) is 1. The highest BCUT2D eigenvalue weighted by Gasteiger charge is 2.29. The van der Waals surface area contributed by atoms with Crippen molar-refractivity contribution in [1.29, 1.82) is 0 Å². The van der Waals surface area contributed by atoms with Crippen LogP contribution in [-0.4, -0.2) is 59.7 Å². The van der Waals surface area contributed by atoms with E-state index in [9.17, 15) is 0 Å². The van der Waals surface area contributed by atoms with E-state index in [0.717, 1.165) is 63.0 Å². The Morgan fingerprint density at radius 2 is 2.08 bits per heavy atom. The molecule has 0 bridgehead atoms. The predicted octanol–water partition coefficient (Wildman–Crippen LogP) is 2.99. The lowest BCUT2D eigenvalue weighted by Crippen LogP contribution is -2.42. The van der Waals surface area contributed by atoms with Gasteiger partial charge in [0.25, 0.3) is 0 Å². The molecule has 2 aliphatic rings. The zero-order valence-corrected chi connectivity index (χ0v) is 16.4. The second-order valence-corrected chi connectivity index (χ2v) is 7.22. The van der Waals surface area contributed by atoms with Crippen LogP contribution in [0.15, 0.2) is 27.7 Å². The van der Waals surface area contributed by atoms with Crippen LogP contribution < -0.4 is 5.32 Å². The Morgan fingerprint density at radius 1 is 1.31 bits per heavy atom. The van der Waals surface area contributed by atoms with Crippen molar-refractivity contribution >= 4 is 5.96 Å². The Bertz CT molecular complexity index is 611. The van der Waals surface area contributed by atoms with Gasteiger partial charge in [0.1, 0.15) is 6.54 Å². The third-order valence-corrected chi connectivity index (χ3v) is 5.53. The van der Waals surface area contributed by atoms with Crippen LogP contribution >= 0.6 is 0 Å². The Labute approximate surface area is 157 Å².